The fraction of sp³-hybridized carbons (Fsp3) is 0.636. The Morgan fingerprint density at radius 3 is 3.18 bits per heavy atom. The van der Waals surface area contributed by atoms with E-state index < -0.39 is 0 Å². The maximum absolute atomic E-state index is 11.7. The lowest BCUT2D eigenvalue weighted by molar-refractivity contribution is -0.117. The number of likely N-dealkylation sites (tertiary alicyclic amines) is 1. The van der Waals surface area contributed by atoms with Crippen LogP contribution in [0.1, 0.15) is 12.2 Å². The summed E-state index contributed by atoms with van der Waals surface area (Å²) in [4.78, 5) is 13.8. The third-order valence-corrected chi connectivity index (χ3v) is 2.97. The Morgan fingerprint density at radius 1 is 1.76 bits per heavy atom. The molecule has 0 spiro atoms. The first-order chi connectivity index (χ1) is 8.17. The number of nitrogens with two attached hydrogens (primary N) is 1. The second-order valence-corrected chi connectivity index (χ2v) is 4.50. The number of anilines is 1. The summed E-state index contributed by atoms with van der Waals surface area (Å²) in [5.74, 6) is 1.62. The maximum atomic E-state index is 11.7. The van der Waals surface area contributed by atoms with E-state index in [-0.39, 0.29) is 5.91 Å². The Bertz CT molecular complexity index is 391. The van der Waals surface area contributed by atoms with Crippen LogP contribution in [0.5, 0.6) is 0 Å². The molecule has 3 N–H and O–H groups in total. The molecule has 2 rings (SSSR count). The van der Waals surface area contributed by atoms with Crippen LogP contribution >= 0.6 is 0 Å². The highest BCUT2D eigenvalue weighted by molar-refractivity contribution is 5.91. The summed E-state index contributed by atoms with van der Waals surface area (Å²) in [6.45, 7) is 4.72. The topological polar surface area (TPSA) is 84.4 Å². The average molecular weight is 238 g/mol. The van der Waals surface area contributed by atoms with Gasteiger partial charge in [-0.05, 0) is 32.4 Å². The highest BCUT2D eigenvalue weighted by atomic mass is 16.5. The van der Waals surface area contributed by atoms with Crippen LogP contribution in [0.15, 0.2) is 10.6 Å². The van der Waals surface area contributed by atoms with Gasteiger partial charge in [0.15, 0.2) is 5.82 Å². The van der Waals surface area contributed by atoms with Crippen molar-refractivity contribution in [2.45, 2.75) is 13.3 Å². The second-order valence-electron chi connectivity index (χ2n) is 4.50. The van der Waals surface area contributed by atoms with Gasteiger partial charge in [0.25, 0.3) is 0 Å². The van der Waals surface area contributed by atoms with Crippen LogP contribution in [0, 0.1) is 12.8 Å². The predicted molar refractivity (Wildman–Crippen MR) is 63.5 cm³/mol. The summed E-state index contributed by atoms with van der Waals surface area (Å²) in [5.41, 5.74) is 5.60. The minimum atomic E-state index is -0.0593. The van der Waals surface area contributed by atoms with E-state index in [1.54, 1.807) is 13.0 Å². The molecule has 17 heavy (non-hydrogen) atoms. The summed E-state index contributed by atoms with van der Waals surface area (Å²) < 4.78 is 4.87. The van der Waals surface area contributed by atoms with Gasteiger partial charge in [-0.25, -0.2) is 0 Å². The van der Waals surface area contributed by atoms with Gasteiger partial charge in [0.1, 0.15) is 5.76 Å². The van der Waals surface area contributed by atoms with E-state index in [4.69, 9.17) is 10.3 Å². The molecular weight excluding hydrogens is 220 g/mol. The number of nitrogens with one attached hydrogen (secondary N) is 1. The Balaban J connectivity index is 1.78. The third kappa shape index (κ3) is 3.28. The summed E-state index contributed by atoms with van der Waals surface area (Å²) in [7, 11) is 0. The summed E-state index contributed by atoms with van der Waals surface area (Å²) in [5, 5.41) is 6.42. The first-order valence-corrected chi connectivity index (χ1v) is 5.83. The standard InChI is InChI=1S/C11H18N4O2/c1-8-4-10(14-17-8)13-11(16)7-15-3-2-9(5-12)6-15/h4,9H,2-3,5-7,12H2,1H3,(H,13,14,16). The number of carbonyl (C=O) groups excluding carboxylic acids is 1. The summed E-state index contributed by atoms with van der Waals surface area (Å²) >= 11 is 0. The van der Waals surface area contributed by atoms with E-state index in [9.17, 15) is 4.79 Å². The van der Waals surface area contributed by atoms with Crippen LogP contribution < -0.4 is 11.1 Å². The molecule has 0 aliphatic carbocycles. The van der Waals surface area contributed by atoms with E-state index >= 15 is 0 Å². The zero-order valence-electron chi connectivity index (χ0n) is 9.98. The highest BCUT2D eigenvalue weighted by Crippen LogP contribution is 2.14. The van der Waals surface area contributed by atoms with Gasteiger partial charge in [0.2, 0.25) is 5.91 Å². The number of aryl methyl sites for hydroxylation is 1. The number of rotatable bonds is 4. The van der Waals surface area contributed by atoms with Gasteiger partial charge in [-0.3, -0.25) is 9.69 Å². The van der Waals surface area contributed by atoms with Crippen molar-refractivity contribution in [2.75, 3.05) is 31.5 Å². The molecule has 6 nitrogen and oxygen atoms in total. The highest BCUT2D eigenvalue weighted by Gasteiger charge is 2.22. The maximum Gasteiger partial charge on any atom is 0.239 e. The van der Waals surface area contributed by atoms with Crippen LogP contribution in [0.25, 0.3) is 0 Å². The molecule has 94 valence electrons. The first kappa shape index (κ1) is 12.1. The van der Waals surface area contributed by atoms with Crippen molar-refractivity contribution in [1.82, 2.24) is 10.1 Å². The fourth-order valence-corrected chi connectivity index (χ4v) is 2.06. The minimum Gasteiger partial charge on any atom is -0.360 e. The zero-order valence-corrected chi connectivity index (χ0v) is 9.98. The minimum absolute atomic E-state index is 0.0593. The van der Waals surface area contributed by atoms with Crippen molar-refractivity contribution in [3.8, 4) is 0 Å². The molecule has 1 aromatic rings. The molecule has 0 radical (unpaired) electrons. The molecule has 1 saturated heterocycles. The molecule has 1 fully saturated rings. The largest absolute Gasteiger partial charge is 0.360 e. The van der Waals surface area contributed by atoms with Gasteiger partial charge >= 0.3 is 0 Å². The van der Waals surface area contributed by atoms with Crippen LogP contribution in [0.2, 0.25) is 0 Å². The van der Waals surface area contributed by atoms with Crippen molar-refractivity contribution >= 4 is 11.7 Å². The molecule has 1 aromatic heterocycles. The van der Waals surface area contributed by atoms with Crippen molar-refractivity contribution in [3.05, 3.63) is 11.8 Å². The van der Waals surface area contributed by atoms with Crippen molar-refractivity contribution in [1.29, 1.82) is 0 Å². The molecule has 1 aliphatic rings. The fourth-order valence-electron chi connectivity index (χ4n) is 2.06. The van der Waals surface area contributed by atoms with Crippen LogP contribution in [-0.4, -0.2) is 42.1 Å². The Kier molecular flexibility index (Phi) is 3.75. The number of hydrogen-bond acceptors (Lipinski definition) is 5. The Morgan fingerprint density at radius 2 is 2.59 bits per heavy atom. The molecule has 1 aliphatic heterocycles. The monoisotopic (exact) mass is 238 g/mol. The van der Waals surface area contributed by atoms with Gasteiger partial charge in [-0.2, -0.15) is 0 Å². The normalized spacial score (nSPS) is 20.7. The molecule has 2 heterocycles. The van der Waals surface area contributed by atoms with Crippen LogP contribution in [-0.2, 0) is 4.79 Å². The van der Waals surface area contributed by atoms with Crippen molar-refractivity contribution in [2.24, 2.45) is 11.7 Å². The van der Waals surface area contributed by atoms with E-state index in [2.05, 4.69) is 15.4 Å². The first-order valence-electron chi connectivity index (χ1n) is 5.83. The molecule has 6 heteroatoms. The van der Waals surface area contributed by atoms with Gasteiger partial charge < -0.3 is 15.6 Å². The van der Waals surface area contributed by atoms with Gasteiger partial charge in [-0.1, -0.05) is 5.16 Å². The number of amides is 1. The van der Waals surface area contributed by atoms with Gasteiger partial charge in [0.05, 0.1) is 6.54 Å². The Hall–Kier alpha value is -1.40. The lowest BCUT2D eigenvalue weighted by Crippen LogP contribution is -2.32. The van der Waals surface area contributed by atoms with Gasteiger partial charge in [0, 0.05) is 12.6 Å². The second kappa shape index (κ2) is 5.29. The van der Waals surface area contributed by atoms with Crippen molar-refractivity contribution < 1.29 is 9.32 Å². The molecular formula is C11H18N4O2. The SMILES string of the molecule is Cc1cc(NC(=O)CN2CCC(CN)C2)no1. The van der Waals surface area contributed by atoms with Crippen LogP contribution in [0.3, 0.4) is 0 Å². The third-order valence-electron chi connectivity index (χ3n) is 2.97. The number of hydrogen-bond donors (Lipinski definition) is 2. The number of aromatic nitrogens is 1. The summed E-state index contributed by atoms with van der Waals surface area (Å²) in [6.07, 6.45) is 1.08. The van der Waals surface area contributed by atoms with Crippen LogP contribution in [0.4, 0.5) is 5.82 Å². The Labute approximate surface area is 100 Å². The molecule has 0 aromatic carbocycles. The number of nitrogens with zero attached hydrogens (tertiary/aromatic N) is 2. The molecule has 0 saturated carbocycles. The quantitative estimate of drug-likeness (QED) is 0.783. The molecule has 1 atom stereocenters. The zero-order chi connectivity index (χ0) is 12.3. The smallest absolute Gasteiger partial charge is 0.239 e. The lowest BCUT2D eigenvalue weighted by Gasteiger charge is -2.14. The predicted octanol–water partition coefficient (Wildman–Crippen LogP) is 0.202. The lowest BCUT2D eigenvalue weighted by atomic mass is 10.1. The molecule has 0 bridgehead atoms. The van der Waals surface area contributed by atoms with Gasteiger partial charge in [-0.15, -0.1) is 0 Å². The van der Waals surface area contributed by atoms with E-state index in [1.165, 1.54) is 0 Å². The van der Waals surface area contributed by atoms with Crippen molar-refractivity contribution in [3.63, 3.8) is 0 Å². The van der Waals surface area contributed by atoms with E-state index in [1.807, 2.05) is 0 Å². The van der Waals surface area contributed by atoms with E-state index in [0.29, 0.717) is 30.6 Å². The number of carbonyl (C=O) groups is 1. The average Bonchev–Trinajstić information content (AvgIpc) is 2.88. The van der Waals surface area contributed by atoms with E-state index in [0.717, 1.165) is 19.5 Å². The molecule has 1 unspecified atom stereocenters. The summed E-state index contributed by atoms with van der Waals surface area (Å²) in [6, 6.07) is 1.70. The molecule has 1 amide bonds.